The molecule has 0 spiro atoms. The van der Waals surface area contributed by atoms with Gasteiger partial charge in [0.05, 0.1) is 13.3 Å². The zero-order valence-electron chi connectivity index (χ0n) is 8.00. The van der Waals surface area contributed by atoms with Crippen molar-refractivity contribution in [2.45, 2.75) is 6.92 Å². The van der Waals surface area contributed by atoms with Gasteiger partial charge in [-0.05, 0) is 19.1 Å². The molecular formula is C9H15NO2. The summed E-state index contributed by atoms with van der Waals surface area (Å²) in [5.74, 6) is 0.806. The summed E-state index contributed by atoms with van der Waals surface area (Å²) < 4.78 is 9.16. The molecule has 0 saturated heterocycles. The fourth-order valence-corrected chi connectivity index (χ4v) is 0.575. The van der Waals surface area contributed by atoms with Crippen LogP contribution in [0.1, 0.15) is 5.69 Å². The highest BCUT2D eigenvalue weighted by Crippen LogP contribution is 2.06. The standard InChI is InChI=1S/C7H9NO.C2H6O/c1-6-3-4-7(9-2)5-8-6;1-3-2/h3-5H,1-2H3;1-2H3. The van der Waals surface area contributed by atoms with E-state index in [4.69, 9.17) is 4.74 Å². The normalized spacial score (nSPS) is 8.33. The monoisotopic (exact) mass is 169 g/mol. The predicted octanol–water partition coefficient (Wildman–Crippen LogP) is 1.66. The zero-order chi connectivity index (χ0) is 9.40. The van der Waals surface area contributed by atoms with Crippen molar-refractivity contribution in [3.8, 4) is 5.75 Å². The van der Waals surface area contributed by atoms with Crippen LogP contribution in [0.3, 0.4) is 0 Å². The quantitative estimate of drug-likeness (QED) is 0.640. The molecule has 0 aliphatic heterocycles. The van der Waals surface area contributed by atoms with Gasteiger partial charge in [-0.3, -0.25) is 4.98 Å². The van der Waals surface area contributed by atoms with E-state index in [1.807, 2.05) is 19.1 Å². The lowest BCUT2D eigenvalue weighted by molar-refractivity contribution is 0.277. The minimum atomic E-state index is 0.806. The lowest BCUT2D eigenvalue weighted by Crippen LogP contribution is -1.84. The van der Waals surface area contributed by atoms with Crippen LogP contribution in [-0.4, -0.2) is 26.3 Å². The molecule has 0 radical (unpaired) electrons. The van der Waals surface area contributed by atoms with Crippen LogP contribution in [0.2, 0.25) is 0 Å². The number of nitrogens with zero attached hydrogens (tertiary/aromatic N) is 1. The maximum atomic E-state index is 4.91. The van der Waals surface area contributed by atoms with Crippen LogP contribution in [0.25, 0.3) is 0 Å². The summed E-state index contributed by atoms with van der Waals surface area (Å²) in [6, 6.07) is 3.81. The molecule has 0 fully saturated rings. The smallest absolute Gasteiger partial charge is 0.137 e. The van der Waals surface area contributed by atoms with Crippen LogP contribution < -0.4 is 4.74 Å². The summed E-state index contributed by atoms with van der Waals surface area (Å²) in [4.78, 5) is 4.02. The zero-order valence-corrected chi connectivity index (χ0v) is 8.00. The van der Waals surface area contributed by atoms with Crippen LogP contribution in [0.4, 0.5) is 0 Å². The van der Waals surface area contributed by atoms with Crippen molar-refractivity contribution in [2.75, 3.05) is 21.3 Å². The molecule has 68 valence electrons. The molecule has 0 aromatic carbocycles. The van der Waals surface area contributed by atoms with E-state index >= 15 is 0 Å². The van der Waals surface area contributed by atoms with Gasteiger partial charge in [0, 0.05) is 19.9 Å². The molecule has 1 aromatic rings. The van der Waals surface area contributed by atoms with Crippen LogP contribution in [0, 0.1) is 6.92 Å². The van der Waals surface area contributed by atoms with Crippen LogP contribution in [0.5, 0.6) is 5.75 Å². The SMILES string of the molecule is COC.COc1ccc(C)nc1. The van der Waals surface area contributed by atoms with Crippen molar-refractivity contribution in [1.29, 1.82) is 0 Å². The molecule has 3 nitrogen and oxygen atoms in total. The van der Waals surface area contributed by atoms with Gasteiger partial charge in [0.2, 0.25) is 0 Å². The molecule has 0 amide bonds. The third-order valence-corrected chi connectivity index (χ3v) is 1.12. The first-order chi connectivity index (χ1) is 5.74. The van der Waals surface area contributed by atoms with Crippen molar-refractivity contribution in [1.82, 2.24) is 4.98 Å². The molecule has 0 aliphatic carbocycles. The summed E-state index contributed by atoms with van der Waals surface area (Å²) in [7, 11) is 4.88. The maximum Gasteiger partial charge on any atom is 0.137 e. The second kappa shape index (κ2) is 6.61. The number of hydrogen-bond donors (Lipinski definition) is 0. The minimum absolute atomic E-state index is 0.806. The Morgan fingerprint density at radius 1 is 1.17 bits per heavy atom. The molecule has 0 saturated carbocycles. The lowest BCUT2D eigenvalue weighted by atomic mass is 10.4. The minimum Gasteiger partial charge on any atom is -0.495 e. The Morgan fingerprint density at radius 3 is 2.08 bits per heavy atom. The van der Waals surface area contributed by atoms with Gasteiger partial charge in [0.1, 0.15) is 5.75 Å². The van der Waals surface area contributed by atoms with Crippen molar-refractivity contribution >= 4 is 0 Å². The first-order valence-electron chi connectivity index (χ1n) is 3.61. The Bertz CT molecular complexity index is 196. The number of pyridine rings is 1. The number of aryl methyl sites for hydroxylation is 1. The lowest BCUT2D eigenvalue weighted by Gasteiger charge is -1.96. The van der Waals surface area contributed by atoms with Gasteiger partial charge in [-0.15, -0.1) is 0 Å². The molecule has 12 heavy (non-hydrogen) atoms. The van der Waals surface area contributed by atoms with E-state index in [9.17, 15) is 0 Å². The molecule has 1 rings (SSSR count). The average molecular weight is 169 g/mol. The summed E-state index contributed by atoms with van der Waals surface area (Å²) >= 11 is 0. The highest BCUT2D eigenvalue weighted by atomic mass is 16.5. The van der Waals surface area contributed by atoms with Crippen LogP contribution >= 0.6 is 0 Å². The largest absolute Gasteiger partial charge is 0.495 e. The third kappa shape index (κ3) is 4.68. The van der Waals surface area contributed by atoms with Gasteiger partial charge >= 0.3 is 0 Å². The third-order valence-electron chi connectivity index (χ3n) is 1.12. The first-order valence-corrected chi connectivity index (χ1v) is 3.61. The van der Waals surface area contributed by atoms with E-state index in [2.05, 4.69) is 9.72 Å². The van der Waals surface area contributed by atoms with Gasteiger partial charge in [-0.1, -0.05) is 0 Å². The van der Waals surface area contributed by atoms with E-state index in [1.165, 1.54) is 0 Å². The molecule has 0 unspecified atom stereocenters. The molecule has 0 bridgehead atoms. The number of ether oxygens (including phenoxy) is 2. The maximum absolute atomic E-state index is 4.91. The average Bonchev–Trinajstić information content (AvgIpc) is 2.07. The molecule has 0 atom stereocenters. The van der Waals surface area contributed by atoms with Crippen LogP contribution in [0.15, 0.2) is 18.3 Å². The summed E-state index contributed by atoms with van der Waals surface area (Å²) in [6.45, 7) is 1.94. The Labute approximate surface area is 73.3 Å². The first kappa shape index (κ1) is 10.9. The van der Waals surface area contributed by atoms with Gasteiger partial charge < -0.3 is 9.47 Å². The van der Waals surface area contributed by atoms with E-state index in [0.717, 1.165) is 11.4 Å². The number of aromatic nitrogens is 1. The van der Waals surface area contributed by atoms with Gasteiger partial charge in [-0.2, -0.15) is 0 Å². The van der Waals surface area contributed by atoms with Crippen molar-refractivity contribution < 1.29 is 9.47 Å². The van der Waals surface area contributed by atoms with E-state index in [0.29, 0.717) is 0 Å². The summed E-state index contributed by atoms with van der Waals surface area (Å²) in [6.07, 6.45) is 1.70. The van der Waals surface area contributed by atoms with Crippen molar-refractivity contribution in [2.24, 2.45) is 0 Å². The number of methoxy groups -OCH3 is 2. The highest BCUT2D eigenvalue weighted by molar-refractivity contribution is 5.18. The van der Waals surface area contributed by atoms with E-state index < -0.39 is 0 Å². The Hall–Kier alpha value is -1.09. The summed E-state index contributed by atoms with van der Waals surface area (Å²) in [5.41, 5.74) is 1.01. The highest BCUT2D eigenvalue weighted by Gasteiger charge is 1.86. The fourth-order valence-electron chi connectivity index (χ4n) is 0.575. The van der Waals surface area contributed by atoms with Crippen molar-refractivity contribution in [3.05, 3.63) is 24.0 Å². The fraction of sp³-hybridized carbons (Fsp3) is 0.444. The molecule has 0 aliphatic rings. The van der Waals surface area contributed by atoms with E-state index in [-0.39, 0.29) is 0 Å². The number of rotatable bonds is 1. The van der Waals surface area contributed by atoms with E-state index in [1.54, 1.807) is 27.5 Å². The second-order valence-electron chi connectivity index (χ2n) is 2.25. The van der Waals surface area contributed by atoms with Gasteiger partial charge in [0.15, 0.2) is 0 Å². The summed E-state index contributed by atoms with van der Waals surface area (Å²) in [5, 5.41) is 0. The Kier molecular flexibility index (Phi) is 6.01. The molecule has 1 heterocycles. The van der Waals surface area contributed by atoms with Gasteiger partial charge in [-0.25, -0.2) is 0 Å². The topological polar surface area (TPSA) is 31.4 Å². The molecule has 0 N–H and O–H groups in total. The predicted molar refractivity (Wildman–Crippen MR) is 48.5 cm³/mol. The van der Waals surface area contributed by atoms with Crippen molar-refractivity contribution in [3.63, 3.8) is 0 Å². The second-order valence-corrected chi connectivity index (χ2v) is 2.25. The van der Waals surface area contributed by atoms with Crippen LogP contribution in [-0.2, 0) is 4.74 Å². The molecule has 3 heteroatoms. The Morgan fingerprint density at radius 2 is 1.75 bits per heavy atom. The van der Waals surface area contributed by atoms with Gasteiger partial charge in [0.25, 0.3) is 0 Å². The molecular weight excluding hydrogens is 154 g/mol. The molecule has 1 aromatic heterocycles. The number of hydrogen-bond acceptors (Lipinski definition) is 3. The Balaban J connectivity index is 0.000000354.